The van der Waals surface area contributed by atoms with Gasteiger partial charge >= 0.3 is 0 Å². The zero-order chi connectivity index (χ0) is 13.9. The van der Waals surface area contributed by atoms with Crippen LogP contribution in [0, 0.1) is 0 Å². The van der Waals surface area contributed by atoms with Crippen molar-refractivity contribution >= 4 is 5.82 Å². The molecule has 1 fully saturated rings. The van der Waals surface area contributed by atoms with Crippen LogP contribution in [-0.4, -0.2) is 22.2 Å². The Bertz CT molecular complexity index is 492. The Balaban J connectivity index is 1.58. The van der Waals surface area contributed by atoms with Gasteiger partial charge in [0.15, 0.2) is 0 Å². The highest BCUT2D eigenvalue weighted by Gasteiger charge is 2.19. The van der Waals surface area contributed by atoms with Gasteiger partial charge < -0.3 is 15.7 Å². The molecule has 3 N–H and O–H groups in total. The fourth-order valence-electron chi connectivity index (χ4n) is 2.98. The minimum atomic E-state index is -0.0925. The molecule has 20 heavy (non-hydrogen) atoms. The van der Waals surface area contributed by atoms with Crippen molar-refractivity contribution in [3.63, 3.8) is 0 Å². The van der Waals surface area contributed by atoms with Crippen molar-refractivity contribution in [2.75, 3.05) is 5.32 Å². The molecule has 1 aliphatic heterocycles. The number of pyridine rings is 1. The van der Waals surface area contributed by atoms with Gasteiger partial charge in [0.25, 0.3) is 0 Å². The third-order valence-electron chi connectivity index (χ3n) is 4.30. The van der Waals surface area contributed by atoms with Crippen LogP contribution in [0.4, 0.5) is 5.82 Å². The van der Waals surface area contributed by atoms with Crippen LogP contribution in [0.3, 0.4) is 0 Å². The number of hydrogen-bond acceptors (Lipinski definition) is 4. The Morgan fingerprint density at radius 3 is 2.85 bits per heavy atom. The summed E-state index contributed by atoms with van der Waals surface area (Å²) in [5.41, 5.74) is 3.40. The van der Waals surface area contributed by atoms with Gasteiger partial charge in [-0.3, -0.25) is 0 Å². The van der Waals surface area contributed by atoms with E-state index in [0.29, 0.717) is 6.04 Å². The van der Waals surface area contributed by atoms with E-state index in [-0.39, 0.29) is 6.10 Å². The molecule has 0 unspecified atom stereocenters. The maximum absolute atomic E-state index is 9.51. The molecule has 1 saturated carbocycles. The third kappa shape index (κ3) is 3.19. The van der Waals surface area contributed by atoms with E-state index in [1.165, 1.54) is 5.56 Å². The smallest absolute Gasteiger partial charge is 0.133 e. The second-order valence-corrected chi connectivity index (χ2v) is 5.93. The van der Waals surface area contributed by atoms with Gasteiger partial charge in [0.1, 0.15) is 5.82 Å². The quantitative estimate of drug-likeness (QED) is 0.791. The number of nitrogens with one attached hydrogen (secondary N) is 2. The zero-order valence-corrected chi connectivity index (χ0v) is 11.9. The van der Waals surface area contributed by atoms with Gasteiger partial charge in [0.2, 0.25) is 0 Å². The predicted molar refractivity (Wildman–Crippen MR) is 80.4 cm³/mol. The standard InChI is InChI=1S/C16H23N3O/c1-11-2-3-12-4-5-14(19-16(12)18-11)10-17-13-6-8-15(20)9-7-13/h4-5,13,15,17,20H,1-3,6-10H2,(H,18,19). The molecule has 108 valence electrons. The number of allylic oxidation sites excluding steroid dienone is 1. The Hall–Kier alpha value is -1.39. The summed E-state index contributed by atoms with van der Waals surface area (Å²) in [7, 11) is 0. The van der Waals surface area contributed by atoms with Crippen molar-refractivity contribution in [3.05, 3.63) is 35.7 Å². The molecule has 0 atom stereocenters. The van der Waals surface area contributed by atoms with Crippen molar-refractivity contribution in [1.29, 1.82) is 0 Å². The monoisotopic (exact) mass is 273 g/mol. The first-order valence-corrected chi connectivity index (χ1v) is 7.56. The average molecular weight is 273 g/mol. The molecule has 0 amide bonds. The lowest BCUT2D eigenvalue weighted by molar-refractivity contribution is 0.116. The van der Waals surface area contributed by atoms with E-state index in [2.05, 4.69) is 34.3 Å². The molecule has 1 aliphatic carbocycles. The summed E-state index contributed by atoms with van der Waals surface area (Å²) >= 11 is 0. The van der Waals surface area contributed by atoms with E-state index in [1.54, 1.807) is 0 Å². The van der Waals surface area contributed by atoms with Crippen molar-refractivity contribution < 1.29 is 5.11 Å². The van der Waals surface area contributed by atoms with Crippen LogP contribution in [0.2, 0.25) is 0 Å². The molecule has 0 bridgehead atoms. The average Bonchev–Trinajstić information content (AvgIpc) is 2.46. The molecule has 4 nitrogen and oxygen atoms in total. The molecule has 1 aromatic heterocycles. The lowest BCUT2D eigenvalue weighted by Crippen LogP contribution is -2.34. The van der Waals surface area contributed by atoms with Crippen molar-refractivity contribution in [2.45, 2.75) is 57.2 Å². The summed E-state index contributed by atoms with van der Waals surface area (Å²) in [5.74, 6) is 0.972. The maximum Gasteiger partial charge on any atom is 0.133 e. The molecule has 0 radical (unpaired) electrons. The van der Waals surface area contributed by atoms with Gasteiger partial charge in [0.05, 0.1) is 11.8 Å². The number of aliphatic hydroxyl groups excluding tert-OH is 1. The normalized spacial score (nSPS) is 25.9. The largest absolute Gasteiger partial charge is 0.393 e. The van der Waals surface area contributed by atoms with Crippen LogP contribution in [-0.2, 0) is 13.0 Å². The summed E-state index contributed by atoms with van der Waals surface area (Å²) in [6, 6.07) is 4.79. The van der Waals surface area contributed by atoms with E-state index in [0.717, 1.165) is 62.3 Å². The van der Waals surface area contributed by atoms with Crippen molar-refractivity contribution in [1.82, 2.24) is 10.3 Å². The Labute approximate surface area is 120 Å². The van der Waals surface area contributed by atoms with Crippen LogP contribution in [0.5, 0.6) is 0 Å². The summed E-state index contributed by atoms with van der Waals surface area (Å²) in [4.78, 5) is 4.68. The molecular weight excluding hydrogens is 250 g/mol. The fraction of sp³-hybridized carbons (Fsp3) is 0.562. The zero-order valence-electron chi connectivity index (χ0n) is 11.9. The molecular formula is C16H23N3O. The van der Waals surface area contributed by atoms with Crippen LogP contribution in [0.15, 0.2) is 24.4 Å². The number of rotatable bonds is 3. The molecule has 3 rings (SSSR count). The number of anilines is 1. The molecule has 0 saturated heterocycles. The van der Waals surface area contributed by atoms with E-state index in [9.17, 15) is 5.11 Å². The maximum atomic E-state index is 9.51. The highest BCUT2D eigenvalue weighted by molar-refractivity contribution is 5.52. The Morgan fingerprint density at radius 1 is 1.25 bits per heavy atom. The number of fused-ring (bicyclic) bond motifs is 1. The number of nitrogens with zero attached hydrogens (tertiary/aromatic N) is 1. The second kappa shape index (κ2) is 5.94. The first-order valence-electron chi connectivity index (χ1n) is 7.56. The molecule has 0 aromatic carbocycles. The van der Waals surface area contributed by atoms with E-state index >= 15 is 0 Å². The predicted octanol–water partition coefficient (Wildman–Crippen LogP) is 2.35. The van der Waals surface area contributed by atoms with Gasteiger partial charge in [0, 0.05) is 18.3 Å². The minimum Gasteiger partial charge on any atom is -0.393 e. The highest BCUT2D eigenvalue weighted by atomic mass is 16.3. The van der Waals surface area contributed by atoms with Crippen LogP contribution < -0.4 is 10.6 Å². The summed E-state index contributed by atoms with van der Waals surface area (Å²) in [6.07, 6.45) is 5.87. The Kier molecular flexibility index (Phi) is 4.03. The lowest BCUT2D eigenvalue weighted by atomic mass is 9.93. The first-order chi connectivity index (χ1) is 9.70. The van der Waals surface area contributed by atoms with E-state index in [1.807, 2.05) is 0 Å². The topological polar surface area (TPSA) is 57.2 Å². The molecule has 4 heteroatoms. The van der Waals surface area contributed by atoms with Gasteiger partial charge in [-0.15, -0.1) is 0 Å². The van der Waals surface area contributed by atoms with Crippen LogP contribution in [0.25, 0.3) is 0 Å². The van der Waals surface area contributed by atoms with Crippen molar-refractivity contribution in [2.24, 2.45) is 0 Å². The summed E-state index contributed by atoms with van der Waals surface area (Å²) in [5, 5.41) is 16.3. The number of aromatic nitrogens is 1. The molecule has 1 aromatic rings. The van der Waals surface area contributed by atoms with Gasteiger partial charge in [-0.1, -0.05) is 12.6 Å². The van der Waals surface area contributed by atoms with Crippen LogP contribution >= 0.6 is 0 Å². The molecule has 2 heterocycles. The van der Waals surface area contributed by atoms with Gasteiger partial charge in [-0.2, -0.15) is 0 Å². The van der Waals surface area contributed by atoms with E-state index < -0.39 is 0 Å². The molecule has 2 aliphatic rings. The van der Waals surface area contributed by atoms with E-state index in [4.69, 9.17) is 0 Å². The number of hydrogen-bond donors (Lipinski definition) is 3. The van der Waals surface area contributed by atoms with Gasteiger partial charge in [-0.25, -0.2) is 4.98 Å². The number of aryl methyl sites for hydroxylation is 1. The molecule has 0 spiro atoms. The summed E-state index contributed by atoms with van der Waals surface area (Å²) in [6.45, 7) is 4.77. The highest BCUT2D eigenvalue weighted by Crippen LogP contribution is 2.24. The summed E-state index contributed by atoms with van der Waals surface area (Å²) < 4.78 is 0. The minimum absolute atomic E-state index is 0.0925. The lowest BCUT2D eigenvalue weighted by Gasteiger charge is -2.26. The van der Waals surface area contributed by atoms with Crippen molar-refractivity contribution in [3.8, 4) is 0 Å². The van der Waals surface area contributed by atoms with Gasteiger partial charge in [-0.05, 0) is 50.2 Å². The SMILES string of the molecule is C=C1CCc2ccc(CNC3CCC(O)CC3)nc2N1. The van der Waals surface area contributed by atoms with Crippen LogP contribution in [0.1, 0.15) is 43.4 Å². The second-order valence-electron chi connectivity index (χ2n) is 5.93. The number of aliphatic hydroxyl groups is 1. The third-order valence-corrected chi connectivity index (χ3v) is 4.30. The fourth-order valence-corrected chi connectivity index (χ4v) is 2.98. The first kappa shape index (κ1) is 13.6. The Morgan fingerprint density at radius 2 is 2.05 bits per heavy atom.